The van der Waals surface area contributed by atoms with Crippen LogP contribution in [0.15, 0.2) is 41.4 Å². The van der Waals surface area contributed by atoms with Crippen molar-refractivity contribution in [1.29, 1.82) is 0 Å². The fourth-order valence-electron chi connectivity index (χ4n) is 1.62. The molecule has 100 valence electrons. The molecule has 6 heteroatoms. The van der Waals surface area contributed by atoms with E-state index < -0.39 is 15.8 Å². The summed E-state index contributed by atoms with van der Waals surface area (Å²) in [6.07, 6.45) is 1.58. The van der Waals surface area contributed by atoms with Gasteiger partial charge < -0.3 is 0 Å². The van der Waals surface area contributed by atoms with Crippen LogP contribution in [0.1, 0.15) is 11.1 Å². The number of halogens is 1. The van der Waals surface area contributed by atoms with E-state index in [2.05, 4.69) is 9.71 Å². The van der Waals surface area contributed by atoms with E-state index in [-0.39, 0.29) is 10.7 Å². The zero-order chi connectivity index (χ0) is 14.0. The lowest BCUT2D eigenvalue weighted by Gasteiger charge is -2.10. The lowest BCUT2D eigenvalue weighted by molar-refractivity contribution is 0.599. The molecule has 0 unspecified atom stereocenters. The lowest BCUT2D eigenvalue weighted by atomic mass is 10.2. The van der Waals surface area contributed by atoms with Gasteiger partial charge in [0, 0.05) is 6.20 Å². The van der Waals surface area contributed by atoms with Crippen LogP contribution in [0.2, 0.25) is 0 Å². The van der Waals surface area contributed by atoms with Crippen molar-refractivity contribution in [2.75, 3.05) is 4.72 Å². The third kappa shape index (κ3) is 3.08. The van der Waals surface area contributed by atoms with Gasteiger partial charge in [-0.05, 0) is 49.2 Å². The number of benzene rings is 1. The largest absolute Gasteiger partial charge is 0.263 e. The number of aromatic nitrogens is 1. The fourth-order valence-corrected chi connectivity index (χ4v) is 2.70. The van der Waals surface area contributed by atoms with Gasteiger partial charge in [0.25, 0.3) is 10.0 Å². The Morgan fingerprint density at radius 2 is 1.79 bits per heavy atom. The van der Waals surface area contributed by atoms with Gasteiger partial charge in [0.05, 0.1) is 4.90 Å². The predicted octanol–water partition coefficient (Wildman–Crippen LogP) is 2.64. The van der Waals surface area contributed by atoms with Crippen LogP contribution >= 0.6 is 0 Å². The molecule has 4 nitrogen and oxygen atoms in total. The molecule has 2 rings (SSSR count). The standard InChI is InChI=1S/C13H13FN2O2S/c1-9-7-10(2)13(15-8-9)16-19(17,18)12-5-3-11(14)4-6-12/h3-8H,1-2H3,(H,15,16). The maximum Gasteiger partial charge on any atom is 0.263 e. The van der Waals surface area contributed by atoms with Gasteiger partial charge in [0.2, 0.25) is 0 Å². The molecule has 0 fully saturated rings. The van der Waals surface area contributed by atoms with E-state index in [1.54, 1.807) is 13.1 Å². The van der Waals surface area contributed by atoms with Crippen molar-refractivity contribution in [3.05, 3.63) is 53.5 Å². The van der Waals surface area contributed by atoms with Crippen LogP contribution < -0.4 is 4.72 Å². The average molecular weight is 280 g/mol. The van der Waals surface area contributed by atoms with E-state index in [4.69, 9.17) is 0 Å². The summed E-state index contributed by atoms with van der Waals surface area (Å²) >= 11 is 0. The molecule has 0 aliphatic heterocycles. The Morgan fingerprint density at radius 1 is 1.16 bits per heavy atom. The van der Waals surface area contributed by atoms with E-state index in [1.807, 2.05) is 13.0 Å². The molecule has 1 heterocycles. The van der Waals surface area contributed by atoms with Gasteiger partial charge in [-0.25, -0.2) is 17.8 Å². The minimum Gasteiger partial charge on any atom is -0.263 e. The molecule has 1 aromatic heterocycles. The highest BCUT2D eigenvalue weighted by Gasteiger charge is 2.15. The van der Waals surface area contributed by atoms with Crippen LogP contribution in [-0.4, -0.2) is 13.4 Å². The summed E-state index contributed by atoms with van der Waals surface area (Å²) in [6, 6.07) is 6.45. The SMILES string of the molecule is Cc1cnc(NS(=O)(=O)c2ccc(F)cc2)c(C)c1. The smallest absolute Gasteiger partial charge is 0.263 e. The second-order valence-electron chi connectivity index (χ2n) is 4.24. The molecule has 0 amide bonds. The monoisotopic (exact) mass is 280 g/mol. The number of anilines is 1. The van der Waals surface area contributed by atoms with Crippen molar-refractivity contribution in [1.82, 2.24) is 4.98 Å². The molecule has 1 N–H and O–H groups in total. The second-order valence-corrected chi connectivity index (χ2v) is 5.92. The Balaban J connectivity index is 2.33. The molecule has 0 aliphatic carbocycles. The van der Waals surface area contributed by atoms with Crippen LogP contribution in [0.3, 0.4) is 0 Å². The van der Waals surface area contributed by atoms with E-state index in [0.717, 1.165) is 23.3 Å². The average Bonchev–Trinajstić information content (AvgIpc) is 2.33. The van der Waals surface area contributed by atoms with Crippen molar-refractivity contribution in [2.45, 2.75) is 18.7 Å². The Labute approximate surface area is 111 Å². The first-order valence-corrected chi connectivity index (χ1v) is 7.08. The fraction of sp³-hybridized carbons (Fsp3) is 0.154. The topological polar surface area (TPSA) is 59.1 Å². The summed E-state index contributed by atoms with van der Waals surface area (Å²) < 4.78 is 39.3. The molecular formula is C13H13FN2O2S. The predicted molar refractivity (Wildman–Crippen MR) is 70.9 cm³/mol. The Hall–Kier alpha value is -1.95. The summed E-state index contributed by atoms with van der Waals surface area (Å²) in [5.41, 5.74) is 1.67. The molecule has 0 atom stereocenters. The van der Waals surface area contributed by atoms with Crippen molar-refractivity contribution < 1.29 is 12.8 Å². The molecule has 2 aromatic rings. The quantitative estimate of drug-likeness (QED) is 0.940. The number of nitrogens with zero attached hydrogens (tertiary/aromatic N) is 1. The number of hydrogen-bond acceptors (Lipinski definition) is 3. The van der Waals surface area contributed by atoms with Crippen molar-refractivity contribution in [2.24, 2.45) is 0 Å². The highest BCUT2D eigenvalue weighted by Crippen LogP contribution is 2.18. The number of hydrogen-bond donors (Lipinski definition) is 1. The zero-order valence-electron chi connectivity index (χ0n) is 10.5. The molecule has 0 radical (unpaired) electrons. The minimum absolute atomic E-state index is 0.00400. The molecule has 0 aliphatic rings. The number of rotatable bonds is 3. The number of nitrogens with one attached hydrogen (secondary N) is 1. The molecule has 0 bridgehead atoms. The van der Waals surface area contributed by atoms with E-state index in [0.29, 0.717) is 0 Å². The van der Waals surface area contributed by atoms with Crippen LogP contribution in [0.4, 0.5) is 10.2 Å². The van der Waals surface area contributed by atoms with Crippen LogP contribution in [-0.2, 0) is 10.0 Å². The Bertz CT molecular complexity index is 697. The summed E-state index contributed by atoms with van der Waals surface area (Å²) in [6.45, 7) is 3.64. The van der Waals surface area contributed by atoms with Crippen LogP contribution in [0, 0.1) is 19.7 Å². The first kappa shape index (κ1) is 13.5. The summed E-state index contributed by atoms with van der Waals surface area (Å²) in [4.78, 5) is 4.04. The number of pyridine rings is 1. The summed E-state index contributed by atoms with van der Waals surface area (Å²) in [5, 5.41) is 0. The van der Waals surface area contributed by atoms with Crippen molar-refractivity contribution >= 4 is 15.8 Å². The van der Waals surface area contributed by atoms with Crippen LogP contribution in [0.5, 0.6) is 0 Å². The third-order valence-electron chi connectivity index (χ3n) is 2.57. The second kappa shape index (κ2) is 4.97. The van der Waals surface area contributed by atoms with Gasteiger partial charge in [-0.3, -0.25) is 4.72 Å². The normalized spacial score (nSPS) is 11.3. The van der Waals surface area contributed by atoms with Crippen molar-refractivity contribution in [3.63, 3.8) is 0 Å². The molecule has 19 heavy (non-hydrogen) atoms. The molecule has 0 saturated heterocycles. The minimum atomic E-state index is -3.74. The zero-order valence-corrected chi connectivity index (χ0v) is 11.3. The highest BCUT2D eigenvalue weighted by atomic mass is 32.2. The Morgan fingerprint density at radius 3 is 2.37 bits per heavy atom. The van der Waals surface area contributed by atoms with Gasteiger partial charge in [0.1, 0.15) is 11.6 Å². The maximum atomic E-state index is 12.8. The van der Waals surface area contributed by atoms with Gasteiger partial charge >= 0.3 is 0 Å². The molecular weight excluding hydrogens is 267 g/mol. The molecule has 0 saturated carbocycles. The first-order valence-electron chi connectivity index (χ1n) is 5.60. The Kier molecular flexibility index (Phi) is 3.53. The number of aryl methyl sites for hydroxylation is 2. The van der Waals surface area contributed by atoms with E-state index >= 15 is 0 Å². The third-order valence-corrected chi connectivity index (χ3v) is 3.92. The van der Waals surface area contributed by atoms with Gasteiger partial charge in [-0.1, -0.05) is 6.07 Å². The highest BCUT2D eigenvalue weighted by molar-refractivity contribution is 7.92. The summed E-state index contributed by atoms with van der Waals surface area (Å²) in [7, 11) is -3.74. The van der Waals surface area contributed by atoms with Crippen molar-refractivity contribution in [3.8, 4) is 0 Å². The van der Waals surface area contributed by atoms with E-state index in [1.165, 1.54) is 12.1 Å². The molecule has 0 spiro atoms. The first-order chi connectivity index (χ1) is 8.88. The lowest BCUT2D eigenvalue weighted by Crippen LogP contribution is -2.14. The van der Waals surface area contributed by atoms with Gasteiger partial charge in [-0.15, -0.1) is 0 Å². The van der Waals surface area contributed by atoms with Gasteiger partial charge in [0.15, 0.2) is 0 Å². The summed E-state index contributed by atoms with van der Waals surface area (Å²) in [5.74, 6) is -0.210. The van der Waals surface area contributed by atoms with E-state index in [9.17, 15) is 12.8 Å². The van der Waals surface area contributed by atoms with Crippen LogP contribution in [0.25, 0.3) is 0 Å². The molecule has 1 aromatic carbocycles. The maximum absolute atomic E-state index is 12.8. The number of sulfonamides is 1. The van der Waals surface area contributed by atoms with Gasteiger partial charge in [-0.2, -0.15) is 0 Å².